The Morgan fingerprint density at radius 3 is 2.39 bits per heavy atom. The van der Waals surface area contributed by atoms with Gasteiger partial charge < -0.3 is 4.74 Å². The van der Waals surface area contributed by atoms with Crippen molar-refractivity contribution in [1.29, 1.82) is 0 Å². The predicted octanol–water partition coefficient (Wildman–Crippen LogP) is 5.53. The molecule has 0 saturated heterocycles. The van der Waals surface area contributed by atoms with Crippen LogP contribution in [0.1, 0.15) is 16.0 Å². The molecule has 0 aliphatic heterocycles. The van der Waals surface area contributed by atoms with E-state index < -0.39 is 12.8 Å². The van der Waals surface area contributed by atoms with Gasteiger partial charge in [-0.25, -0.2) is 0 Å². The minimum absolute atomic E-state index is 0.0480. The fraction of sp³-hybridized carbons (Fsp3) is 0.455. The van der Waals surface area contributed by atoms with Gasteiger partial charge in [-0.3, -0.25) is 0 Å². The molecule has 1 aromatic rings. The van der Waals surface area contributed by atoms with Crippen LogP contribution in [0.3, 0.4) is 0 Å². The number of alkyl halides is 4. The Morgan fingerprint density at radius 2 is 1.83 bits per heavy atom. The zero-order chi connectivity index (χ0) is 13.9. The molecular weight excluding hydrogens is 445 g/mol. The molecule has 102 valence electrons. The van der Waals surface area contributed by atoms with Crippen LogP contribution in [-0.2, 0) is 4.74 Å². The van der Waals surface area contributed by atoms with Gasteiger partial charge in [0.2, 0.25) is 0 Å². The predicted molar refractivity (Wildman–Crippen MR) is 75.1 cm³/mol. The number of benzene rings is 1. The number of halogens is 6. The summed E-state index contributed by atoms with van der Waals surface area (Å²) in [6, 6.07) is 3.76. The number of hydrogen-bond acceptors (Lipinski definition) is 1. The lowest BCUT2D eigenvalue weighted by Gasteiger charge is -2.15. The number of hydrogen-bond donors (Lipinski definition) is 0. The first kappa shape index (κ1) is 16.5. The van der Waals surface area contributed by atoms with Gasteiger partial charge in [-0.05, 0) is 30.2 Å². The lowest BCUT2D eigenvalue weighted by Crippen LogP contribution is -2.18. The Kier molecular flexibility index (Phi) is 6.15. The Bertz CT molecular complexity index is 421. The molecule has 0 radical (unpaired) electrons. The zero-order valence-corrected chi connectivity index (χ0v) is 14.1. The van der Waals surface area contributed by atoms with Crippen molar-refractivity contribution in [3.63, 3.8) is 0 Å². The van der Waals surface area contributed by atoms with E-state index in [4.69, 9.17) is 0 Å². The molecule has 0 aromatic heterocycles. The molecule has 18 heavy (non-hydrogen) atoms. The maximum Gasteiger partial charge on any atom is 0.411 e. The fourth-order valence-corrected chi connectivity index (χ4v) is 3.24. The molecular formula is C11H10Br3F3O. The Balaban J connectivity index is 2.67. The lowest BCUT2D eigenvalue weighted by atomic mass is 10.1. The van der Waals surface area contributed by atoms with Crippen molar-refractivity contribution in [1.82, 2.24) is 0 Å². The third-order valence-electron chi connectivity index (χ3n) is 2.15. The molecule has 0 aliphatic rings. The van der Waals surface area contributed by atoms with Crippen LogP contribution >= 0.6 is 47.8 Å². The van der Waals surface area contributed by atoms with Gasteiger partial charge in [-0.15, -0.1) is 0 Å². The first-order valence-electron chi connectivity index (χ1n) is 4.95. The molecule has 0 spiro atoms. The molecule has 1 atom stereocenters. The number of rotatable bonds is 4. The SMILES string of the molecule is Cc1cc(Br)c(C(Br)COCC(F)(F)F)cc1Br. The molecule has 0 aliphatic carbocycles. The van der Waals surface area contributed by atoms with Gasteiger partial charge in [-0.2, -0.15) is 13.2 Å². The molecule has 0 N–H and O–H groups in total. The highest BCUT2D eigenvalue weighted by atomic mass is 79.9. The summed E-state index contributed by atoms with van der Waals surface area (Å²) in [5, 5.41) is 0. The fourth-order valence-electron chi connectivity index (χ4n) is 1.27. The summed E-state index contributed by atoms with van der Waals surface area (Å²) in [4.78, 5) is -0.300. The van der Waals surface area contributed by atoms with Crippen LogP contribution in [0.5, 0.6) is 0 Å². The quantitative estimate of drug-likeness (QED) is 0.543. The van der Waals surface area contributed by atoms with E-state index in [0.717, 1.165) is 20.1 Å². The molecule has 0 heterocycles. The highest BCUT2D eigenvalue weighted by molar-refractivity contribution is 9.11. The van der Waals surface area contributed by atoms with E-state index in [1.807, 2.05) is 19.1 Å². The largest absolute Gasteiger partial charge is 0.411 e. The summed E-state index contributed by atoms with van der Waals surface area (Å²) in [5.41, 5.74) is 1.89. The third kappa shape index (κ3) is 5.19. The van der Waals surface area contributed by atoms with E-state index in [0.29, 0.717) is 0 Å². The second-order valence-electron chi connectivity index (χ2n) is 3.72. The van der Waals surface area contributed by atoms with E-state index in [1.54, 1.807) is 0 Å². The minimum Gasteiger partial charge on any atom is -0.371 e. The van der Waals surface area contributed by atoms with Gasteiger partial charge in [0, 0.05) is 8.95 Å². The van der Waals surface area contributed by atoms with Gasteiger partial charge in [0.1, 0.15) is 6.61 Å². The van der Waals surface area contributed by atoms with Crippen molar-refractivity contribution in [3.8, 4) is 0 Å². The van der Waals surface area contributed by atoms with Crippen molar-refractivity contribution in [3.05, 3.63) is 32.2 Å². The summed E-state index contributed by atoms with van der Waals surface area (Å²) in [5.74, 6) is 0. The standard InChI is InChI=1S/C11H10Br3F3O/c1-6-2-9(13)7(3-8(6)12)10(14)4-18-5-11(15,16)17/h2-3,10H,4-5H2,1H3. The van der Waals surface area contributed by atoms with Crippen molar-refractivity contribution in [2.45, 2.75) is 17.9 Å². The van der Waals surface area contributed by atoms with Crippen LogP contribution in [0.2, 0.25) is 0 Å². The van der Waals surface area contributed by atoms with Crippen LogP contribution in [0.4, 0.5) is 13.2 Å². The average Bonchev–Trinajstić information content (AvgIpc) is 2.21. The summed E-state index contributed by atoms with van der Waals surface area (Å²) < 4.78 is 42.2. The number of aryl methyl sites for hydroxylation is 1. The van der Waals surface area contributed by atoms with E-state index in [2.05, 4.69) is 52.5 Å². The Hall–Kier alpha value is 0.410. The molecule has 0 bridgehead atoms. The van der Waals surface area contributed by atoms with E-state index in [-0.39, 0.29) is 11.4 Å². The lowest BCUT2D eigenvalue weighted by molar-refractivity contribution is -0.173. The molecule has 1 unspecified atom stereocenters. The molecule has 1 nitrogen and oxygen atoms in total. The van der Waals surface area contributed by atoms with Gasteiger partial charge in [-0.1, -0.05) is 47.8 Å². The van der Waals surface area contributed by atoms with Gasteiger partial charge >= 0.3 is 6.18 Å². The van der Waals surface area contributed by atoms with E-state index >= 15 is 0 Å². The number of ether oxygens (including phenoxy) is 1. The van der Waals surface area contributed by atoms with Crippen molar-refractivity contribution < 1.29 is 17.9 Å². The van der Waals surface area contributed by atoms with Gasteiger partial charge in [0.25, 0.3) is 0 Å². The maximum absolute atomic E-state index is 11.9. The second-order valence-corrected chi connectivity index (χ2v) is 6.53. The van der Waals surface area contributed by atoms with Crippen LogP contribution < -0.4 is 0 Å². The molecule has 1 rings (SSSR count). The average molecular weight is 455 g/mol. The molecule has 0 fully saturated rings. The van der Waals surface area contributed by atoms with Crippen LogP contribution in [0.25, 0.3) is 0 Å². The van der Waals surface area contributed by atoms with Crippen molar-refractivity contribution in [2.24, 2.45) is 0 Å². The summed E-state index contributed by atoms with van der Waals surface area (Å²) in [7, 11) is 0. The first-order valence-corrected chi connectivity index (χ1v) is 7.45. The molecule has 0 amide bonds. The molecule has 1 aromatic carbocycles. The Labute approximate surface area is 128 Å². The van der Waals surface area contributed by atoms with Crippen molar-refractivity contribution in [2.75, 3.05) is 13.2 Å². The summed E-state index contributed by atoms with van der Waals surface area (Å²) in [6.45, 7) is 0.648. The Morgan fingerprint density at radius 1 is 1.22 bits per heavy atom. The highest BCUT2D eigenvalue weighted by Crippen LogP contribution is 2.34. The third-order valence-corrected chi connectivity index (χ3v) is 4.44. The van der Waals surface area contributed by atoms with E-state index in [1.165, 1.54) is 0 Å². The van der Waals surface area contributed by atoms with E-state index in [9.17, 15) is 13.2 Å². The normalized spacial score (nSPS) is 13.7. The smallest absolute Gasteiger partial charge is 0.371 e. The zero-order valence-electron chi connectivity index (χ0n) is 9.32. The van der Waals surface area contributed by atoms with Gasteiger partial charge in [0.15, 0.2) is 0 Å². The van der Waals surface area contributed by atoms with Gasteiger partial charge in [0.05, 0.1) is 11.4 Å². The highest BCUT2D eigenvalue weighted by Gasteiger charge is 2.28. The monoisotopic (exact) mass is 452 g/mol. The molecule has 0 saturated carbocycles. The first-order chi connectivity index (χ1) is 8.20. The summed E-state index contributed by atoms with van der Waals surface area (Å²) >= 11 is 10.1. The van der Waals surface area contributed by atoms with Crippen LogP contribution in [0.15, 0.2) is 21.1 Å². The molecule has 7 heteroatoms. The summed E-state index contributed by atoms with van der Waals surface area (Å²) in [6.07, 6.45) is -4.29. The topological polar surface area (TPSA) is 9.23 Å². The van der Waals surface area contributed by atoms with Crippen LogP contribution in [0, 0.1) is 6.92 Å². The van der Waals surface area contributed by atoms with Crippen molar-refractivity contribution >= 4 is 47.8 Å². The second kappa shape index (κ2) is 6.72. The van der Waals surface area contributed by atoms with Crippen LogP contribution in [-0.4, -0.2) is 19.4 Å². The minimum atomic E-state index is -4.29. The maximum atomic E-state index is 11.9.